The lowest BCUT2D eigenvalue weighted by atomic mass is 10.0. The normalized spacial score (nSPS) is 18.6. The standard InChI is InChI=1S/C14H18N2O4/c1-20-9-5-6-11(15)10(8-9)13(17)16-7-3-2-4-12(16)14(18)19/h5-6,8,12H,2-4,7,15H2,1H3,(H,18,19)/t12-/m0/s1. The molecule has 0 bridgehead atoms. The molecule has 1 aromatic carbocycles. The smallest absolute Gasteiger partial charge is 0.326 e. The van der Waals surface area contributed by atoms with Gasteiger partial charge in [-0.3, -0.25) is 4.79 Å². The van der Waals surface area contributed by atoms with Crippen molar-refractivity contribution in [2.45, 2.75) is 25.3 Å². The Kier molecular flexibility index (Phi) is 4.12. The highest BCUT2D eigenvalue weighted by molar-refractivity contribution is 6.01. The summed E-state index contributed by atoms with van der Waals surface area (Å²) in [5.41, 5.74) is 6.44. The zero-order chi connectivity index (χ0) is 14.7. The zero-order valence-corrected chi connectivity index (χ0v) is 11.3. The van der Waals surface area contributed by atoms with Gasteiger partial charge in [-0.15, -0.1) is 0 Å². The van der Waals surface area contributed by atoms with E-state index in [0.29, 0.717) is 24.4 Å². The quantitative estimate of drug-likeness (QED) is 0.814. The van der Waals surface area contributed by atoms with Crippen LogP contribution in [0.5, 0.6) is 5.75 Å². The van der Waals surface area contributed by atoms with Crippen LogP contribution in [0.3, 0.4) is 0 Å². The van der Waals surface area contributed by atoms with Crippen molar-refractivity contribution in [3.63, 3.8) is 0 Å². The van der Waals surface area contributed by atoms with Crippen molar-refractivity contribution in [3.05, 3.63) is 23.8 Å². The number of nitrogens with two attached hydrogens (primary N) is 1. The van der Waals surface area contributed by atoms with E-state index in [4.69, 9.17) is 10.5 Å². The number of aliphatic carboxylic acids is 1. The summed E-state index contributed by atoms with van der Waals surface area (Å²) < 4.78 is 5.08. The number of nitrogens with zero attached hydrogens (tertiary/aromatic N) is 1. The number of rotatable bonds is 3. The number of nitrogen functional groups attached to an aromatic ring is 1. The molecule has 0 spiro atoms. The Labute approximate surface area is 117 Å². The molecule has 3 N–H and O–H groups in total. The first kappa shape index (κ1) is 14.2. The molecule has 20 heavy (non-hydrogen) atoms. The highest BCUT2D eigenvalue weighted by Gasteiger charge is 2.33. The molecule has 2 rings (SSSR count). The summed E-state index contributed by atoms with van der Waals surface area (Å²) in [5.74, 6) is -0.806. The van der Waals surface area contributed by atoms with Crippen molar-refractivity contribution in [3.8, 4) is 5.75 Å². The van der Waals surface area contributed by atoms with Crippen LogP contribution in [0.25, 0.3) is 0 Å². The Morgan fingerprint density at radius 1 is 1.40 bits per heavy atom. The number of anilines is 1. The van der Waals surface area contributed by atoms with Crippen LogP contribution in [0.15, 0.2) is 18.2 Å². The van der Waals surface area contributed by atoms with Gasteiger partial charge in [0.2, 0.25) is 0 Å². The van der Waals surface area contributed by atoms with E-state index in [9.17, 15) is 14.7 Å². The van der Waals surface area contributed by atoms with Crippen molar-refractivity contribution < 1.29 is 19.4 Å². The van der Waals surface area contributed by atoms with E-state index in [1.165, 1.54) is 12.0 Å². The van der Waals surface area contributed by atoms with Crippen LogP contribution in [0.2, 0.25) is 0 Å². The number of ether oxygens (including phenoxy) is 1. The average molecular weight is 278 g/mol. The minimum absolute atomic E-state index is 0.289. The summed E-state index contributed by atoms with van der Waals surface area (Å²) in [6, 6.07) is 4.02. The molecule has 0 radical (unpaired) electrons. The fourth-order valence-corrected chi connectivity index (χ4v) is 2.43. The third kappa shape index (κ3) is 2.68. The summed E-state index contributed by atoms with van der Waals surface area (Å²) in [4.78, 5) is 25.2. The van der Waals surface area contributed by atoms with Crippen LogP contribution in [0.4, 0.5) is 5.69 Å². The lowest BCUT2D eigenvalue weighted by Gasteiger charge is -2.33. The van der Waals surface area contributed by atoms with Gasteiger partial charge in [-0.1, -0.05) is 0 Å². The van der Waals surface area contributed by atoms with Gasteiger partial charge in [-0.2, -0.15) is 0 Å². The van der Waals surface area contributed by atoms with E-state index in [0.717, 1.165) is 12.8 Å². The van der Waals surface area contributed by atoms with Crippen molar-refractivity contribution >= 4 is 17.6 Å². The molecule has 1 atom stereocenters. The van der Waals surface area contributed by atoms with Gasteiger partial charge in [0.05, 0.1) is 12.7 Å². The minimum atomic E-state index is -0.973. The fraction of sp³-hybridized carbons (Fsp3) is 0.429. The van der Waals surface area contributed by atoms with E-state index in [2.05, 4.69) is 0 Å². The van der Waals surface area contributed by atoms with E-state index < -0.39 is 12.0 Å². The van der Waals surface area contributed by atoms with Gasteiger partial charge in [0.1, 0.15) is 11.8 Å². The van der Waals surface area contributed by atoms with Crippen molar-refractivity contribution in [1.29, 1.82) is 0 Å². The number of benzene rings is 1. The van der Waals surface area contributed by atoms with Gasteiger partial charge < -0.3 is 20.5 Å². The number of likely N-dealkylation sites (tertiary alicyclic amines) is 1. The first-order valence-corrected chi connectivity index (χ1v) is 6.52. The monoisotopic (exact) mass is 278 g/mol. The molecule has 1 aliphatic heterocycles. The molecule has 6 heteroatoms. The van der Waals surface area contributed by atoms with Crippen LogP contribution < -0.4 is 10.5 Å². The lowest BCUT2D eigenvalue weighted by Crippen LogP contribution is -2.48. The predicted molar refractivity (Wildman–Crippen MR) is 73.7 cm³/mol. The van der Waals surface area contributed by atoms with Crippen molar-refractivity contribution in [1.82, 2.24) is 4.90 Å². The Hall–Kier alpha value is -2.24. The third-order valence-electron chi connectivity index (χ3n) is 3.54. The number of carbonyl (C=O) groups excluding carboxylic acids is 1. The summed E-state index contributed by atoms with van der Waals surface area (Å²) in [5, 5.41) is 9.22. The number of hydrogen-bond acceptors (Lipinski definition) is 4. The average Bonchev–Trinajstić information content (AvgIpc) is 2.47. The zero-order valence-electron chi connectivity index (χ0n) is 11.3. The Morgan fingerprint density at radius 3 is 2.80 bits per heavy atom. The Balaban J connectivity index is 2.31. The van der Waals surface area contributed by atoms with Gasteiger partial charge in [0.15, 0.2) is 0 Å². The minimum Gasteiger partial charge on any atom is -0.497 e. The highest BCUT2D eigenvalue weighted by atomic mass is 16.5. The molecule has 1 saturated heterocycles. The molecule has 108 valence electrons. The SMILES string of the molecule is COc1ccc(N)c(C(=O)N2CCCC[C@H]2C(=O)O)c1. The van der Waals surface area contributed by atoms with Crippen LogP contribution >= 0.6 is 0 Å². The van der Waals surface area contributed by atoms with E-state index in [1.54, 1.807) is 18.2 Å². The van der Waals surface area contributed by atoms with Gasteiger partial charge in [-0.05, 0) is 37.5 Å². The molecule has 0 saturated carbocycles. The van der Waals surface area contributed by atoms with Crippen molar-refractivity contribution in [2.75, 3.05) is 19.4 Å². The largest absolute Gasteiger partial charge is 0.497 e. The summed E-state index contributed by atoms with van der Waals surface area (Å²) in [7, 11) is 1.50. The van der Waals surface area contributed by atoms with Gasteiger partial charge >= 0.3 is 5.97 Å². The molecule has 0 aliphatic carbocycles. The summed E-state index contributed by atoms with van der Waals surface area (Å²) in [6.07, 6.45) is 2.10. The molecule has 1 fully saturated rings. The Bertz CT molecular complexity index is 530. The number of piperidine rings is 1. The van der Waals surface area contributed by atoms with Crippen LogP contribution in [-0.4, -0.2) is 41.6 Å². The topological polar surface area (TPSA) is 92.9 Å². The molecule has 6 nitrogen and oxygen atoms in total. The van der Waals surface area contributed by atoms with Crippen LogP contribution in [0, 0.1) is 0 Å². The predicted octanol–water partition coefficient (Wildman–Crippen LogP) is 1.36. The third-order valence-corrected chi connectivity index (χ3v) is 3.54. The van der Waals surface area contributed by atoms with Crippen LogP contribution in [0.1, 0.15) is 29.6 Å². The molecular weight excluding hydrogens is 260 g/mol. The lowest BCUT2D eigenvalue weighted by molar-refractivity contribution is -0.143. The van der Waals surface area contributed by atoms with E-state index in [1.807, 2.05) is 0 Å². The number of carboxylic acid groups (broad SMARTS) is 1. The van der Waals surface area contributed by atoms with Crippen molar-refractivity contribution in [2.24, 2.45) is 0 Å². The van der Waals surface area contributed by atoms with E-state index >= 15 is 0 Å². The molecule has 1 aliphatic rings. The summed E-state index contributed by atoms with van der Waals surface area (Å²) >= 11 is 0. The molecule has 1 aromatic rings. The molecule has 1 amide bonds. The molecule has 0 unspecified atom stereocenters. The number of methoxy groups -OCH3 is 1. The summed E-state index contributed by atoms with van der Waals surface area (Å²) in [6.45, 7) is 0.437. The number of carbonyl (C=O) groups is 2. The molecule has 0 aromatic heterocycles. The molecule has 1 heterocycles. The first-order chi connectivity index (χ1) is 9.54. The van der Waals surface area contributed by atoms with Gasteiger partial charge in [-0.25, -0.2) is 4.79 Å². The number of carboxylic acids is 1. The van der Waals surface area contributed by atoms with Gasteiger partial charge in [0.25, 0.3) is 5.91 Å². The number of hydrogen-bond donors (Lipinski definition) is 2. The van der Waals surface area contributed by atoms with Gasteiger partial charge in [0, 0.05) is 12.2 Å². The van der Waals surface area contributed by atoms with E-state index in [-0.39, 0.29) is 11.5 Å². The fourth-order valence-electron chi connectivity index (χ4n) is 2.43. The Morgan fingerprint density at radius 2 is 2.15 bits per heavy atom. The van der Waals surface area contributed by atoms with Crippen LogP contribution in [-0.2, 0) is 4.79 Å². The second kappa shape index (κ2) is 5.81. The second-order valence-electron chi connectivity index (χ2n) is 4.80. The second-order valence-corrected chi connectivity index (χ2v) is 4.80. The maximum absolute atomic E-state index is 12.5. The first-order valence-electron chi connectivity index (χ1n) is 6.52. The maximum Gasteiger partial charge on any atom is 0.326 e. The number of amides is 1. The highest BCUT2D eigenvalue weighted by Crippen LogP contribution is 2.25. The molecular formula is C14H18N2O4. The maximum atomic E-state index is 12.5.